The van der Waals surface area contributed by atoms with Gasteiger partial charge in [-0.15, -0.1) is 11.8 Å². The molecule has 0 spiro atoms. The molecule has 1 heterocycles. The van der Waals surface area contributed by atoms with Crippen LogP contribution in [-0.2, 0) is 11.2 Å². The van der Waals surface area contributed by atoms with Crippen LogP contribution in [0.5, 0.6) is 0 Å². The summed E-state index contributed by atoms with van der Waals surface area (Å²) in [6.45, 7) is 2.15. The third-order valence-electron chi connectivity index (χ3n) is 4.52. The van der Waals surface area contributed by atoms with Gasteiger partial charge in [-0.1, -0.05) is 55.8 Å². The zero-order valence-corrected chi connectivity index (χ0v) is 15.5. The number of carbonyl (C=O) groups is 2. The molecule has 2 aromatic rings. The predicted octanol–water partition coefficient (Wildman–Crippen LogP) is 3.33. The summed E-state index contributed by atoms with van der Waals surface area (Å²) in [5.41, 5.74) is 5.32. The van der Waals surface area contributed by atoms with Crippen LogP contribution in [0.4, 0.5) is 0 Å². The number of hydrogen-bond acceptors (Lipinski definition) is 4. The van der Waals surface area contributed by atoms with Gasteiger partial charge in [-0.3, -0.25) is 14.8 Å². The lowest BCUT2D eigenvalue weighted by Crippen LogP contribution is -2.46. The maximum Gasteiger partial charge on any atom is 0.267 e. The minimum Gasteiger partial charge on any atom is -0.316 e. The van der Waals surface area contributed by atoms with E-state index in [0.29, 0.717) is 17.2 Å². The average molecular weight is 370 g/mol. The molecule has 2 aromatic carbocycles. The molecule has 0 saturated carbocycles. The number of thioether (sulfide) groups is 1. The number of benzene rings is 2. The normalized spacial score (nSPS) is 16.5. The van der Waals surface area contributed by atoms with Gasteiger partial charge >= 0.3 is 0 Å². The molecule has 6 heteroatoms. The molecule has 3 rings (SSSR count). The van der Waals surface area contributed by atoms with Crippen LogP contribution in [0.25, 0.3) is 11.1 Å². The fourth-order valence-corrected chi connectivity index (χ4v) is 4.30. The van der Waals surface area contributed by atoms with Gasteiger partial charge in [-0.25, -0.2) is 5.48 Å². The van der Waals surface area contributed by atoms with Crippen LogP contribution < -0.4 is 5.48 Å². The molecule has 26 heavy (non-hydrogen) atoms. The number of rotatable bonds is 5. The molecule has 1 atom stereocenters. The summed E-state index contributed by atoms with van der Waals surface area (Å²) in [5.74, 6) is 0.161. The standard InChI is InChI=1S/C20H22N2O3S/c1-2-5-14-8-10-15(11-9-14)16-6-3-4-7-17(16)20(24)22-13-26-12-18(22)19(23)21-25/h3-4,6-11,18,25H,2,5,12-13H2,1H3,(H,21,23)/t18-/m1/s1. The molecule has 5 nitrogen and oxygen atoms in total. The molecular formula is C20H22N2O3S. The van der Waals surface area contributed by atoms with E-state index in [9.17, 15) is 9.59 Å². The molecule has 0 radical (unpaired) electrons. The third kappa shape index (κ3) is 3.76. The van der Waals surface area contributed by atoms with Crippen molar-refractivity contribution in [2.45, 2.75) is 25.8 Å². The molecule has 2 amide bonds. The van der Waals surface area contributed by atoms with Gasteiger partial charge in [-0.05, 0) is 29.2 Å². The van der Waals surface area contributed by atoms with Crippen molar-refractivity contribution in [1.29, 1.82) is 0 Å². The van der Waals surface area contributed by atoms with Gasteiger partial charge in [0, 0.05) is 11.3 Å². The van der Waals surface area contributed by atoms with E-state index >= 15 is 0 Å². The van der Waals surface area contributed by atoms with E-state index in [-0.39, 0.29) is 5.91 Å². The first kappa shape index (κ1) is 18.5. The van der Waals surface area contributed by atoms with Gasteiger partial charge in [-0.2, -0.15) is 0 Å². The summed E-state index contributed by atoms with van der Waals surface area (Å²) in [5, 5.41) is 8.92. The predicted molar refractivity (Wildman–Crippen MR) is 103 cm³/mol. The second kappa shape index (κ2) is 8.38. The number of amides is 2. The number of aryl methyl sites for hydroxylation is 1. The van der Waals surface area contributed by atoms with E-state index in [1.165, 1.54) is 22.2 Å². The third-order valence-corrected chi connectivity index (χ3v) is 5.53. The molecule has 0 aliphatic carbocycles. The fourth-order valence-electron chi connectivity index (χ4n) is 3.15. The van der Waals surface area contributed by atoms with Crippen LogP contribution >= 0.6 is 11.8 Å². The van der Waals surface area contributed by atoms with Crippen molar-refractivity contribution < 1.29 is 14.8 Å². The lowest BCUT2D eigenvalue weighted by molar-refractivity contribution is -0.132. The molecule has 1 aliphatic rings. The molecule has 1 fully saturated rings. The minimum atomic E-state index is -0.655. The topological polar surface area (TPSA) is 69.6 Å². The quantitative estimate of drug-likeness (QED) is 0.626. The Labute approximate surface area is 157 Å². The van der Waals surface area contributed by atoms with Crippen molar-refractivity contribution in [3.63, 3.8) is 0 Å². The van der Waals surface area contributed by atoms with Crippen LogP contribution in [0.3, 0.4) is 0 Å². The highest BCUT2D eigenvalue weighted by Gasteiger charge is 2.35. The minimum absolute atomic E-state index is 0.197. The maximum atomic E-state index is 13.1. The summed E-state index contributed by atoms with van der Waals surface area (Å²) in [6, 6.07) is 15.0. The van der Waals surface area contributed by atoms with E-state index in [4.69, 9.17) is 5.21 Å². The number of hydrogen-bond donors (Lipinski definition) is 2. The highest BCUT2D eigenvalue weighted by atomic mass is 32.2. The van der Waals surface area contributed by atoms with Crippen LogP contribution in [0.2, 0.25) is 0 Å². The van der Waals surface area contributed by atoms with Crippen molar-refractivity contribution in [3.05, 3.63) is 59.7 Å². The van der Waals surface area contributed by atoms with Gasteiger partial charge in [0.2, 0.25) is 0 Å². The molecule has 0 unspecified atom stereocenters. The lowest BCUT2D eigenvalue weighted by Gasteiger charge is -2.23. The molecule has 0 aromatic heterocycles. The molecule has 1 saturated heterocycles. The smallest absolute Gasteiger partial charge is 0.267 e. The number of hydroxylamine groups is 1. The SMILES string of the molecule is CCCc1ccc(-c2ccccc2C(=O)N2CSC[C@@H]2C(=O)NO)cc1. The highest BCUT2D eigenvalue weighted by molar-refractivity contribution is 7.99. The zero-order chi connectivity index (χ0) is 18.5. The lowest BCUT2D eigenvalue weighted by atomic mass is 9.97. The highest BCUT2D eigenvalue weighted by Crippen LogP contribution is 2.29. The Bertz CT molecular complexity index is 792. The van der Waals surface area contributed by atoms with Gasteiger partial charge in [0.05, 0.1) is 5.88 Å². The fraction of sp³-hybridized carbons (Fsp3) is 0.300. The van der Waals surface area contributed by atoms with Crippen molar-refractivity contribution in [1.82, 2.24) is 10.4 Å². The Morgan fingerprint density at radius 2 is 1.92 bits per heavy atom. The van der Waals surface area contributed by atoms with Gasteiger partial charge in [0.15, 0.2) is 0 Å². The van der Waals surface area contributed by atoms with Crippen LogP contribution in [-0.4, -0.2) is 39.6 Å². The summed E-state index contributed by atoms with van der Waals surface area (Å²) >= 11 is 1.50. The second-order valence-corrected chi connectivity index (χ2v) is 7.26. The Kier molecular flexibility index (Phi) is 5.96. The Morgan fingerprint density at radius 3 is 2.62 bits per heavy atom. The Hall–Kier alpha value is -2.31. The summed E-state index contributed by atoms with van der Waals surface area (Å²) in [4.78, 5) is 26.5. The van der Waals surface area contributed by atoms with E-state index in [2.05, 4.69) is 19.1 Å². The molecule has 0 bridgehead atoms. The summed E-state index contributed by atoms with van der Waals surface area (Å²) < 4.78 is 0. The van der Waals surface area contributed by atoms with Crippen molar-refractivity contribution in [2.24, 2.45) is 0 Å². The molecule has 2 N–H and O–H groups in total. The zero-order valence-electron chi connectivity index (χ0n) is 14.6. The Balaban J connectivity index is 1.91. The molecule has 136 valence electrons. The van der Waals surface area contributed by atoms with Gasteiger partial charge in [0.25, 0.3) is 11.8 Å². The first-order valence-corrected chi connectivity index (χ1v) is 9.82. The van der Waals surface area contributed by atoms with E-state index < -0.39 is 11.9 Å². The van der Waals surface area contributed by atoms with Crippen LogP contribution in [0.1, 0.15) is 29.3 Å². The average Bonchev–Trinajstić information content (AvgIpc) is 3.17. The van der Waals surface area contributed by atoms with E-state index in [0.717, 1.165) is 24.0 Å². The largest absolute Gasteiger partial charge is 0.316 e. The summed E-state index contributed by atoms with van der Waals surface area (Å²) in [6.07, 6.45) is 2.12. The Morgan fingerprint density at radius 1 is 1.19 bits per heavy atom. The first-order chi connectivity index (χ1) is 12.7. The molecular weight excluding hydrogens is 348 g/mol. The van der Waals surface area contributed by atoms with E-state index in [1.54, 1.807) is 11.5 Å². The second-order valence-electron chi connectivity index (χ2n) is 6.26. The number of carbonyl (C=O) groups excluding carboxylic acids is 2. The van der Waals surface area contributed by atoms with Crippen LogP contribution in [0, 0.1) is 0 Å². The van der Waals surface area contributed by atoms with Crippen molar-refractivity contribution in [2.75, 3.05) is 11.6 Å². The number of nitrogens with one attached hydrogen (secondary N) is 1. The van der Waals surface area contributed by atoms with Gasteiger partial charge in [0.1, 0.15) is 6.04 Å². The van der Waals surface area contributed by atoms with Gasteiger partial charge < -0.3 is 4.90 Å². The first-order valence-electron chi connectivity index (χ1n) is 8.66. The molecule has 1 aliphatic heterocycles. The van der Waals surface area contributed by atoms with Crippen molar-refractivity contribution in [3.8, 4) is 11.1 Å². The maximum absolute atomic E-state index is 13.1. The summed E-state index contributed by atoms with van der Waals surface area (Å²) in [7, 11) is 0. The van der Waals surface area contributed by atoms with Crippen molar-refractivity contribution >= 4 is 23.6 Å². The monoisotopic (exact) mass is 370 g/mol. The van der Waals surface area contributed by atoms with Crippen LogP contribution in [0.15, 0.2) is 48.5 Å². The number of nitrogens with zero attached hydrogens (tertiary/aromatic N) is 1. The van der Waals surface area contributed by atoms with E-state index in [1.807, 2.05) is 30.3 Å².